The lowest BCUT2D eigenvalue weighted by Crippen LogP contribution is -2.17. The van der Waals surface area contributed by atoms with Crippen molar-refractivity contribution < 1.29 is 8.78 Å². The van der Waals surface area contributed by atoms with E-state index >= 15 is 0 Å². The highest BCUT2D eigenvalue weighted by Crippen LogP contribution is 2.26. The van der Waals surface area contributed by atoms with E-state index in [1.54, 1.807) is 12.3 Å². The van der Waals surface area contributed by atoms with Crippen molar-refractivity contribution >= 4 is 17.5 Å². The molecule has 4 rings (SSSR count). The van der Waals surface area contributed by atoms with Gasteiger partial charge >= 0.3 is 0 Å². The van der Waals surface area contributed by atoms with Crippen LogP contribution in [0.25, 0.3) is 11.4 Å². The summed E-state index contributed by atoms with van der Waals surface area (Å²) in [7, 11) is 0. The normalized spacial score (nSPS) is 14.3. The van der Waals surface area contributed by atoms with E-state index in [1.807, 2.05) is 18.2 Å². The number of hydrogen-bond donors (Lipinski definition) is 2. The highest BCUT2D eigenvalue weighted by Gasteiger charge is 2.17. The van der Waals surface area contributed by atoms with Gasteiger partial charge in [0.15, 0.2) is 0 Å². The van der Waals surface area contributed by atoms with Gasteiger partial charge in [-0.05, 0) is 37.1 Å². The van der Waals surface area contributed by atoms with Crippen LogP contribution in [0.15, 0.2) is 48.7 Å². The SMILES string of the molecule is Fc1ccc(F)c(Nc2cc(-c3ccccn3)nc(NC3CCCC3)n2)c1. The Balaban J connectivity index is 1.69. The quantitative estimate of drug-likeness (QED) is 0.670. The number of anilines is 3. The molecule has 1 aliphatic rings. The summed E-state index contributed by atoms with van der Waals surface area (Å²) in [6.07, 6.45) is 6.17. The molecule has 1 fully saturated rings. The summed E-state index contributed by atoms with van der Waals surface area (Å²) in [5.74, 6) is -0.262. The Kier molecular flexibility index (Phi) is 4.91. The molecular formula is C20H19F2N5. The molecule has 0 atom stereocenters. The topological polar surface area (TPSA) is 62.7 Å². The van der Waals surface area contributed by atoms with Crippen LogP contribution in [0.1, 0.15) is 25.7 Å². The Labute approximate surface area is 155 Å². The first-order valence-corrected chi connectivity index (χ1v) is 8.96. The fourth-order valence-electron chi connectivity index (χ4n) is 3.21. The second-order valence-corrected chi connectivity index (χ2v) is 6.55. The molecule has 1 saturated carbocycles. The molecule has 5 nitrogen and oxygen atoms in total. The van der Waals surface area contributed by atoms with Crippen molar-refractivity contribution in [3.8, 4) is 11.4 Å². The summed E-state index contributed by atoms with van der Waals surface area (Å²) in [5.41, 5.74) is 1.30. The van der Waals surface area contributed by atoms with Crippen LogP contribution in [0.4, 0.5) is 26.2 Å². The van der Waals surface area contributed by atoms with Gasteiger partial charge in [0, 0.05) is 24.4 Å². The Bertz CT molecular complexity index is 927. The standard InChI is InChI=1S/C20H19F2N5/c21-13-8-9-15(22)17(11-13)25-19-12-18(16-7-3-4-10-23-16)26-20(27-19)24-14-5-1-2-6-14/h3-4,7-12,14H,1-2,5-6H2,(H2,24,25,26,27). The summed E-state index contributed by atoms with van der Waals surface area (Å²) in [6, 6.07) is 10.8. The Morgan fingerprint density at radius 3 is 2.56 bits per heavy atom. The van der Waals surface area contributed by atoms with Crippen LogP contribution in [-0.2, 0) is 0 Å². The van der Waals surface area contributed by atoms with Crippen molar-refractivity contribution in [3.63, 3.8) is 0 Å². The molecule has 0 radical (unpaired) electrons. The van der Waals surface area contributed by atoms with Crippen molar-refractivity contribution in [2.45, 2.75) is 31.7 Å². The van der Waals surface area contributed by atoms with Crippen molar-refractivity contribution in [2.75, 3.05) is 10.6 Å². The molecule has 0 aliphatic heterocycles. The summed E-state index contributed by atoms with van der Waals surface area (Å²) in [6.45, 7) is 0. The second kappa shape index (κ2) is 7.65. The molecule has 27 heavy (non-hydrogen) atoms. The average molecular weight is 367 g/mol. The number of nitrogens with zero attached hydrogens (tertiary/aromatic N) is 3. The van der Waals surface area contributed by atoms with E-state index < -0.39 is 11.6 Å². The minimum atomic E-state index is -0.556. The zero-order valence-corrected chi connectivity index (χ0v) is 14.6. The maximum Gasteiger partial charge on any atom is 0.225 e. The van der Waals surface area contributed by atoms with E-state index in [0.717, 1.165) is 31.0 Å². The van der Waals surface area contributed by atoms with Crippen molar-refractivity contribution in [3.05, 3.63) is 60.3 Å². The summed E-state index contributed by atoms with van der Waals surface area (Å²) < 4.78 is 27.5. The van der Waals surface area contributed by atoms with Crippen LogP contribution in [0.2, 0.25) is 0 Å². The van der Waals surface area contributed by atoms with Crippen LogP contribution in [0, 0.1) is 11.6 Å². The van der Waals surface area contributed by atoms with E-state index in [2.05, 4.69) is 25.6 Å². The van der Waals surface area contributed by atoms with Gasteiger partial charge in [-0.25, -0.2) is 13.8 Å². The zero-order valence-electron chi connectivity index (χ0n) is 14.6. The predicted octanol–water partition coefficient (Wildman–Crippen LogP) is 4.91. The molecule has 0 unspecified atom stereocenters. The lowest BCUT2D eigenvalue weighted by atomic mass is 10.2. The molecule has 138 valence electrons. The van der Waals surface area contributed by atoms with Crippen molar-refractivity contribution in [2.24, 2.45) is 0 Å². The monoisotopic (exact) mass is 367 g/mol. The number of pyridine rings is 1. The van der Waals surface area contributed by atoms with Gasteiger partial charge in [0.1, 0.15) is 17.5 Å². The highest BCUT2D eigenvalue weighted by molar-refractivity contribution is 5.65. The predicted molar refractivity (Wildman–Crippen MR) is 101 cm³/mol. The minimum absolute atomic E-state index is 0.0208. The first kappa shape index (κ1) is 17.3. The largest absolute Gasteiger partial charge is 0.351 e. The molecule has 1 aliphatic carbocycles. The van der Waals surface area contributed by atoms with Gasteiger partial charge < -0.3 is 10.6 Å². The fourth-order valence-corrected chi connectivity index (χ4v) is 3.21. The smallest absolute Gasteiger partial charge is 0.225 e. The Morgan fingerprint density at radius 2 is 1.78 bits per heavy atom. The van der Waals surface area contributed by atoms with Gasteiger partial charge in [0.05, 0.1) is 17.1 Å². The summed E-state index contributed by atoms with van der Waals surface area (Å²) >= 11 is 0. The van der Waals surface area contributed by atoms with Gasteiger partial charge in [-0.2, -0.15) is 4.98 Å². The lowest BCUT2D eigenvalue weighted by molar-refractivity contribution is 0.603. The maximum absolute atomic E-state index is 14.0. The number of aromatic nitrogens is 3. The number of nitrogens with one attached hydrogen (secondary N) is 2. The van der Waals surface area contributed by atoms with Crippen molar-refractivity contribution in [1.29, 1.82) is 0 Å². The molecule has 0 saturated heterocycles. The number of hydrogen-bond acceptors (Lipinski definition) is 5. The van der Waals surface area contributed by atoms with Crippen LogP contribution in [-0.4, -0.2) is 21.0 Å². The molecule has 0 spiro atoms. The molecule has 2 aromatic heterocycles. The first-order chi connectivity index (χ1) is 13.2. The van der Waals surface area contributed by atoms with E-state index in [0.29, 0.717) is 29.2 Å². The summed E-state index contributed by atoms with van der Waals surface area (Å²) in [5, 5.41) is 6.20. The molecular weight excluding hydrogens is 348 g/mol. The zero-order chi connectivity index (χ0) is 18.6. The van der Waals surface area contributed by atoms with Gasteiger partial charge in [-0.15, -0.1) is 0 Å². The number of benzene rings is 1. The third-order valence-electron chi connectivity index (χ3n) is 4.53. The first-order valence-electron chi connectivity index (χ1n) is 8.96. The van der Waals surface area contributed by atoms with Crippen LogP contribution in [0.3, 0.4) is 0 Å². The Morgan fingerprint density at radius 1 is 0.926 bits per heavy atom. The van der Waals surface area contributed by atoms with Gasteiger partial charge in [-0.1, -0.05) is 18.9 Å². The fraction of sp³-hybridized carbons (Fsp3) is 0.250. The molecule has 0 amide bonds. The maximum atomic E-state index is 14.0. The van der Waals surface area contributed by atoms with Crippen molar-refractivity contribution in [1.82, 2.24) is 15.0 Å². The minimum Gasteiger partial charge on any atom is -0.351 e. The highest BCUT2D eigenvalue weighted by atomic mass is 19.1. The third kappa shape index (κ3) is 4.19. The molecule has 1 aromatic carbocycles. The summed E-state index contributed by atoms with van der Waals surface area (Å²) in [4.78, 5) is 13.3. The van der Waals surface area contributed by atoms with E-state index in [9.17, 15) is 8.78 Å². The van der Waals surface area contributed by atoms with Crippen LogP contribution < -0.4 is 10.6 Å². The van der Waals surface area contributed by atoms with Crippen LogP contribution in [0.5, 0.6) is 0 Å². The molecule has 7 heteroatoms. The van der Waals surface area contributed by atoms with Gasteiger partial charge in [-0.3, -0.25) is 4.98 Å². The average Bonchev–Trinajstić information content (AvgIpc) is 3.18. The third-order valence-corrected chi connectivity index (χ3v) is 4.53. The molecule has 0 bridgehead atoms. The number of rotatable bonds is 5. The molecule has 2 heterocycles. The Hall–Kier alpha value is -3.09. The molecule has 3 aromatic rings. The van der Waals surface area contributed by atoms with E-state index in [1.165, 1.54) is 12.8 Å². The van der Waals surface area contributed by atoms with E-state index in [4.69, 9.17) is 0 Å². The van der Waals surface area contributed by atoms with E-state index in [-0.39, 0.29) is 5.69 Å². The number of halogens is 2. The van der Waals surface area contributed by atoms with Gasteiger partial charge in [0.25, 0.3) is 0 Å². The lowest BCUT2D eigenvalue weighted by Gasteiger charge is -2.15. The van der Waals surface area contributed by atoms with Gasteiger partial charge in [0.2, 0.25) is 5.95 Å². The second-order valence-electron chi connectivity index (χ2n) is 6.55. The molecule has 2 N–H and O–H groups in total. The van der Waals surface area contributed by atoms with Crippen LogP contribution >= 0.6 is 0 Å².